The zero-order chi connectivity index (χ0) is 18.5. The summed E-state index contributed by atoms with van der Waals surface area (Å²) >= 11 is 1.22. The van der Waals surface area contributed by atoms with E-state index in [-0.39, 0.29) is 0 Å². The molecule has 5 nitrogen and oxygen atoms in total. The summed E-state index contributed by atoms with van der Waals surface area (Å²) in [6, 6.07) is 12.7. The molecule has 1 aliphatic rings. The molecule has 0 bridgehead atoms. The van der Waals surface area contributed by atoms with E-state index in [4.69, 9.17) is 0 Å². The van der Waals surface area contributed by atoms with Crippen LogP contribution in [0.4, 0.5) is 0 Å². The Bertz CT molecular complexity index is 1010. The monoisotopic (exact) mass is 365 g/mol. The van der Waals surface area contributed by atoms with Gasteiger partial charge in [0.25, 0.3) is 0 Å². The number of carboxylic acids is 1. The molecule has 1 fully saturated rings. The van der Waals surface area contributed by atoms with Crippen LogP contribution in [0.3, 0.4) is 0 Å². The molecule has 1 aliphatic carbocycles. The Balaban J connectivity index is 1.88. The number of rotatable bonds is 5. The molecule has 1 heterocycles. The first-order valence-corrected chi connectivity index (χ1v) is 9.56. The normalized spacial score (nSPS) is 14.7. The molecule has 0 atom stereocenters. The van der Waals surface area contributed by atoms with Crippen molar-refractivity contribution >= 4 is 42.1 Å². The summed E-state index contributed by atoms with van der Waals surface area (Å²) in [4.78, 5) is 11.5. The molecule has 1 aromatic heterocycles. The van der Waals surface area contributed by atoms with Gasteiger partial charge in [0, 0.05) is 5.39 Å². The average Bonchev–Trinajstić information content (AvgIpc) is 3.39. The molecule has 0 unspecified atom stereocenters. The van der Waals surface area contributed by atoms with Crippen molar-refractivity contribution in [3.05, 3.63) is 42.0 Å². The standard InChI is InChI=1S/C19H20BN3O2S/c1-19(2,16(24)25)26-18-22-21-17(20)23(18)15-10-9-12(11-7-8-11)13-5-3-4-6-14(13)15/h3-6,9-11H,7-8,20H2,1-2H3,(H,24,25). The summed E-state index contributed by atoms with van der Waals surface area (Å²) in [5.41, 5.74) is 3.14. The highest BCUT2D eigenvalue weighted by Gasteiger charge is 2.32. The third-order valence-corrected chi connectivity index (χ3v) is 5.98. The zero-order valence-electron chi connectivity index (χ0n) is 15.1. The van der Waals surface area contributed by atoms with Crippen molar-refractivity contribution in [1.29, 1.82) is 0 Å². The van der Waals surface area contributed by atoms with Crippen LogP contribution in [-0.4, -0.2) is 38.4 Å². The van der Waals surface area contributed by atoms with Crippen molar-refractivity contribution in [3.8, 4) is 5.69 Å². The van der Waals surface area contributed by atoms with Crippen molar-refractivity contribution < 1.29 is 9.90 Å². The van der Waals surface area contributed by atoms with E-state index >= 15 is 0 Å². The van der Waals surface area contributed by atoms with E-state index in [9.17, 15) is 9.90 Å². The number of aromatic nitrogens is 3. The van der Waals surface area contributed by atoms with Crippen molar-refractivity contribution in [2.24, 2.45) is 0 Å². The first-order chi connectivity index (χ1) is 12.4. The highest BCUT2D eigenvalue weighted by Crippen LogP contribution is 2.44. The maximum atomic E-state index is 11.5. The van der Waals surface area contributed by atoms with Gasteiger partial charge in [0.15, 0.2) is 13.0 Å². The van der Waals surface area contributed by atoms with Gasteiger partial charge >= 0.3 is 5.97 Å². The van der Waals surface area contributed by atoms with Crippen LogP contribution in [0, 0.1) is 0 Å². The molecule has 0 radical (unpaired) electrons. The average molecular weight is 365 g/mol. The lowest BCUT2D eigenvalue weighted by molar-refractivity contribution is -0.138. The fourth-order valence-electron chi connectivity index (χ4n) is 3.21. The molecule has 0 aliphatic heterocycles. The Morgan fingerprint density at radius 3 is 2.54 bits per heavy atom. The van der Waals surface area contributed by atoms with Crippen molar-refractivity contribution in [1.82, 2.24) is 14.8 Å². The number of nitrogens with zero attached hydrogens (tertiary/aromatic N) is 3. The summed E-state index contributed by atoms with van der Waals surface area (Å²) in [6.07, 6.45) is 2.51. The lowest BCUT2D eigenvalue weighted by Gasteiger charge is -2.19. The van der Waals surface area contributed by atoms with Crippen molar-refractivity contribution in [2.75, 3.05) is 0 Å². The van der Waals surface area contributed by atoms with Crippen molar-refractivity contribution in [3.63, 3.8) is 0 Å². The zero-order valence-corrected chi connectivity index (χ0v) is 15.9. The number of carbonyl (C=O) groups is 1. The maximum Gasteiger partial charge on any atom is 0.319 e. The number of hydrogen-bond acceptors (Lipinski definition) is 4. The quantitative estimate of drug-likeness (QED) is 0.556. The molecule has 0 saturated heterocycles. The third kappa shape index (κ3) is 2.90. The number of fused-ring (bicyclic) bond motifs is 1. The van der Waals surface area contributed by atoms with Crippen molar-refractivity contribution in [2.45, 2.75) is 42.5 Å². The second-order valence-electron chi connectivity index (χ2n) is 7.28. The van der Waals surface area contributed by atoms with Gasteiger partial charge < -0.3 is 5.11 Å². The Labute approximate surface area is 157 Å². The Morgan fingerprint density at radius 2 is 1.88 bits per heavy atom. The van der Waals surface area contributed by atoms with Gasteiger partial charge in [-0.2, -0.15) is 0 Å². The van der Waals surface area contributed by atoms with Gasteiger partial charge in [-0.05, 0) is 49.6 Å². The van der Waals surface area contributed by atoms with Gasteiger partial charge in [-0.15, -0.1) is 10.2 Å². The molecule has 0 amide bonds. The van der Waals surface area contributed by atoms with Crippen LogP contribution in [0.15, 0.2) is 41.6 Å². The lowest BCUT2D eigenvalue weighted by Crippen LogP contribution is -2.28. The second kappa shape index (κ2) is 6.16. The van der Waals surface area contributed by atoms with E-state index in [1.54, 1.807) is 13.8 Å². The third-order valence-electron chi connectivity index (χ3n) is 4.85. The Hall–Kier alpha value is -2.28. The molecule has 1 saturated carbocycles. The largest absolute Gasteiger partial charge is 0.480 e. The van der Waals surface area contributed by atoms with Gasteiger partial charge in [0.1, 0.15) is 4.75 Å². The highest BCUT2D eigenvalue weighted by molar-refractivity contribution is 8.01. The fourth-order valence-corrected chi connectivity index (χ4v) is 4.16. The molecule has 132 valence electrons. The minimum atomic E-state index is -0.985. The first kappa shape index (κ1) is 17.2. The molecule has 2 aromatic carbocycles. The molecule has 0 spiro atoms. The lowest BCUT2D eigenvalue weighted by atomic mass is 9.99. The molecular formula is C19H20BN3O2S. The molecule has 7 heteroatoms. The molecule has 26 heavy (non-hydrogen) atoms. The van der Waals surface area contributed by atoms with E-state index < -0.39 is 10.7 Å². The van der Waals surface area contributed by atoms with Gasteiger partial charge in [-0.3, -0.25) is 9.36 Å². The minimum absolute atomic E-state index is 0.597. The van der Waals surface area contributed by atoms with Crippen LogP contribution in [0.25, 0.3) is 16.5 Å². The molecule has 3 aromatic rings. The van der Waals surface area contributed by atoms with E-state index in [2.05, 4.69) is 40.5 Å². The first-order valence-electron chi connectivity index (χ1n) is 8.75. The van der Waals surface area contributed by atoms with E-state index in [1.807, 2.05) is 18.5 Å². The number of aliphatic carboxylic acids is 1. The van der Waals surface area contributed by atoms with Crippen LogP contribution < -0.4 is 5.72 Å². The summed E-state index contributed by atoms with van der Waals surface area (Å²) in [6.45, 7) is 3.37. The van der Waals surface area contributed by atoms with Gasteiger partial charge in [-0.25, -0.2) is 0 Å². The summed E-state index contributed by atoms with van der Waals surface area (Å²) < 4.78 is 0.981. The molecule has 1 N–H and O–H groups in total. The van der Waals surface area contributed by atoms with Crippen LogP contribution in [0.5, 0.6) is 0 Å². The van der Waals surface area contributed by atoms with Gasteiger partial charge in [-0.1, -0.05) is 42.1 Å². The minimum Gasteiger partial charge on any atom is -0.480 e. The molecular weight excluding hydrogens is 345 g/mol. The predicted octanol–water partition coefficient (Wildman–Crippen LogP) is 2.51. The highest BCUT2D eigenvalue weighted by atomic mass is 32.2. The summed E-state index contributed by atoms with van der Waals surface area (Å²) in [7, 11) is 1.90. The van der Waals surface area contributed by atoms with Gasteiger partial charge in [0.05, 0.1) is 11.4 Å². The number of carboxylic acid groups (broad SMARTS) is 1. The predicted molar refractivity (Wildman–Crippen MR) is 107 cm³/mol. The topological polar surface area (TPSA) is 68.0 Å². The fraction of sp³-hybridized carbons (Fsp3) is 0.316. The Kier molecular flexibility index (Phi) is 4.06. The summed E-state index contributed by atoms with van der Waals surface area (Å²) in [5.74, 6) is -0.209. The van der Waals surface area contributed by atoms with Crippen LogP contribution in [0.2, 0.25) is 0 Å². The number of hydrogen-bond donors (Lipinski definition) is 1. The van der Waals surface area contributed by atoms with E-state index in [0.29, 0.717) is 11.1 Å². The number of benzene rings is 2. The second-order valence-corrected chi connectivity index (χ2v) is 8.87. The van der Waals surface area contributed by atoms with Crippen LogP contribution in [-0.2, 0) is 4.79 Å². The number of thioether (sulfide) groups is 1. The maximum absolute atomic E-state index is 11.5. The van der Waals surface area contributed by atoms with E-state index in [0.717, 1.165) is 16.8 Å². The molecule has 4 rings (SSSR count). The van der Waals surface area contributed by atoms with Crippen LogP contribution >= 0.6 is 11.8 Å². The SMILES string of the molecule is Bc1nnc(SC(C)(C)C(=O)O)n1-c1ccc(C2CC2)c2ccccc12. The van der Waals surface area contributed by atoms with E-state index in [1.165, 1.54) is 35.6 Å². The smallest absolute Gasteiger partial charge is 0.319 e. The van der Waals surface area contributed by atoms with Gasteiger partial charge in [0.2, 0.25) is 0 Å². The van der Waals surface area contributed by atoms with Crippen LogP contribution in [0.1, 0.15) is 38.2 Å². The Morgan fingerprint density at radius 1 is 1.19 bits per heavy atom. The summed E-state index contributed by atoms with van der Waals surface area (Å²) in [5, 5.41) is 20.9.